The number of aromatic nitrogens is 2. The van der Waals surface area contributed by atoms with Crippen molar-refractivity contribution in [1.29, 1.82) is 0 Å². The van der Waals surface area contributed by atoms with E-state index in [0.717, 1.165) is 0 Å². The smallest absolute Gasteiger partial charge is 0.239 e. The third-order valence-electron chi connectivity index (χ3n) is 1.51. The molecule has 0 saturated carbocycles. The van der Waals surface area contributed by atoms with Crippen molar-refractivity contribution in [2.24, 2.45) is 0 Å². The number of nitrogens with one attached hydrogen (secondary N) is 2. The van der Waals surface area contributed by atoms with E-state index in [1.165, 1.54) is 6.33 Å². The Kier molecular flexibility index (Phi) is 4.30. The van der Waals surface area contributed by atoms with E-state index in [1.54, 1.807) is 6.07 Å². The molecule has 2 N–H and O–H groups in total. The number of rotatable bonds is 4. The standard InChI is InChI=1S/C9H13ClN4O/c1-6(2)14-9(15)4-11-8-3-7(10)12-5-13-8/h3,5-6H,4H2,1-2H3,(H,14,15)(H,11,12,13). The van der Waals surface area contributed by atoms with E-state index < -0.39 is 0 Å². The molecule has 0 spiro atoms. The number of hydrogen-bond acceptors (Lipinski definition) is 4. The molecule has 0 bridgehead atoms. The van der Waals surface area contributed by atoms with Crippen molar-refractivity contribution >= 4 is 23.3 Å². The zero-order valence-electron chi connectivity index (χ0n) is 8.62. The van der Waals surface area contributed by atoms with E-state index in [4.69, 9.17) is 11.6 Å². The summed E-state index contributed by atoms with van der Waals surface area (Å²) in [6.07, 6.45) is 1.34. The molecule has 82 valence electrons. The third kappa shape index (κ3) is 4.60. The molecule has 1 heterocycles. The Morgan fingerprint density at radius 2 is 2.27 bits per heavy atom. The number of hydrogen-bond donors (Lipinski definition) is 2. The molecule has 1 aromatic heterocycles. The molecule has 6 heteroatoms. The second kappa shape index (κ2) is 5.50. The van der Waals surface area contributed by atoms with Crippen LogP contribution < -0.4 is 10.6 Å². The van der Waals surface area contributed by atoms with Crippen molar-refractivity contribution in [2.45, 2.75) is 19.9 Å². The number of nitrogens with zero attached hydrogens (tertiary/aromatic N) is 2. The molecule has 0 aliphatic heterocycles. The average molecular weight is 229 g/mol. The van der Waals surface area contributed by atoms with Gasteiger partial charge in [-0.2, -0.15) is 0 Å². The van der Waals surface area contributed by atoms with E-state index in [1.807, 2.05) is 13.8 Å². The van der Waals surface area contributed by atoms with Gasteiger partial charge >= 0.3 is 0 Å². The van der Waals surface area contributed by atoms with Crippen molar-refractivity contribution < 1.29 is 4.79 Å². The number of anilines is 1. The lowest BCUT2D eigenvalue weighted by molar-refractivity contribution is -0.119. The van der Waals surface area contributed by atoms with E-state index in [0.29, 0.717) is 11.0 Å². The highest BCUT2D eigenvalue weighted by molar-refractivity contribution is 6.29. The molecule has 1 amide bonds. The Morgan fingerprint density at radius 3 is 2.87 bits per heavy atom. The minimum atomic E-state index is -0.0836. The summed E-state index contributed by atoms with van der Waals surface area (Å²) in [5.41, 5.74) is 0. The van der Waals surface area contributed by atoms with Gasteiger partial charge < -0.3 is 10.6 Å². The molecular formula is C9H13ClN4O. The van der Waals surface area contributed by atoms with Gasteiger partial charge in [0.1, 0.15) is 17.3 Å². The van der Waals surface area contributed by atoms with E-state index in [-0.39, 0.29) is 18.5 Å². The van der Waals surface area contributed by atoms with Gasteiger partial charge in [-0.15, -0.1) is 0 Å². The van der Waals surface area contributed by atoms with Crippen molar-refractivity contribution in [3.8, 4) is 0 Å². The lowest BCUT2D eigenvalue weighted by Gasteiger charge is -2.09. The molecule has 0 radical (unpaired) electrons. The fraction of sp³-hybridized carbons (Fsp3) is 0.444. The van der Waals surface area contributed by atoms with Crippen LogP contribution in [0.5, 0.6) is 0 Å². The van der Waals surface area contributed by atoms with Gasteiger partial charge in [-0.05, 0) is 13.8 Å². The number of carbonyl (C=O) groups excluding carboxylic acids is 1. The largest absolute Gasteiger partial charge is 0.361 e. The van der Waals surface area contributed by atoms with E-state index >= 15 is 0 Å². The molecule has 15 heavy (non-hydrogen) atoms. The van der Waals surface area contributed by atoms with E-state index in [9.17, 15) is 4.79 Å². The fourth-order valence-corrected chi connectivity index (χ4v) is 1.12. The van der Waals surface area contributed by atoms with Gasteiger partial charge in [-0.1, -0.05) is 11.6 Å². The summed E-state index contributed by atoms with van der Waals surface area (Å²) in [7, 11) is 0. The minimum absolute atomic E-state index is 0.0836. The van der Waals surface area contributed by atoms with Crippen molar-refractivity contribution in [3.63, 3.8) is 0 Å². The van der Waals surface area contributed by atoms with Crippen LogP contribution >= 0.6 is 11.6 Å². The molecule has 1 rings (SSSR count). The zero-order valence-corrected chi connectivity index (χ0v) is 9.38. The van der Waals surface area contributed by atoms with Crippen LogP contribution in [0.25, 0.3) is 0 Å². The Bertz CT molecular complexity index is 343. The van der Waals surface area contributed by atoms with Crippen LogP contribution in [0.4, 0.5) is 5.82 Å². The van der Waals surface area contributed by atoms with Gasteiger partial charge in [-0.25, -0.2) is 9.97 Å². The van der Waals surface area contributed by atoms with E-state index in [2.05, 4.69) is 20.6 Å². The first-order valence-electron chi connectivity index (χ1n) is 4.58. The van der Waals surface area contributed by atoms with Crippen molar-refractivity contribution in [2.75, 3.05) is 11.9 Å². The predicted octanol–water partition coefficient (Wildman–Crippen LogP) is 1.07. The normalized spacial score (nSPS) is 10.1. The maximum Gasteiger partial charge on any atom is 0.239 e. The molecule has 0 aromatic carbocycles. The second-order valence-electron chi connectivity index (χ2n) is 3.30. The molecule has 0 saturated heterocycles. The minimum Gasteiger partial charge on any atom is -0.361 e. The Labute approximate surface area is 93.3 Å². The molecule has 0 aliphatic carbocycles. The lowest BCUT2D eigenvalue weighted by Crippen LogP contribution is -2.34. The first-order chi connectivity index (χ1) is 7.08. The van der Waals surface area contributed by atoms with Gasteiger partial charge in [-0.3, -0.25) is 4.79 Å². The first-order valence-corrected chi connectivity index (χ1v) is 4.96. The first kappa shape index (κ1) is 11.7. The van der Waals surface area contributed by atoms with Gasteiger partial charge in [0.25, 0.3) is 0 Å². The Hall–Kier alpha value is -1.36. The average Bonchev–Trinajstić information content (AvgIpc) is 2.14. The molecule has 0 atom stereocenters. The summed E-state index contributed by atoms with van der Waals surface area (Å²) >= 11 is 5.65. The maximum atomic E-state index is 11.3. The lowest BCUT2D eigenvalue weighted by atomic mass is 10.4. The van der Waals surface area contributed by atoms with Crippen molar-refractivity contribution in [1.82, 2.24) is 15.3 Å². The molecule has 5 nitrogen and oxygen atoms in total. The monoisotopic (exact) mass is 228 g/mol. The molecule has 0 aliphatic rings. The number of amides is 1. The summed E-state index contributed by atoms with van der Waals surface area (Å²) in [6.45, 7) is 3.98. The Morgan fingerprint density at radius 1 is 1.53 bits per heavy atom. The highest BCUT2D eigenvalue weighted by Crippen LogP contribution is 2.07. The SMILES string of the molecule is CC(C)NC(=O)CNc1cc(Cl)ncn1. The van der Waals surface area contributed by atoms with Crippen LogP contribution in [0.1, 0.15) is 13.8 Å². The summed E-state index contributed by atoms with van der Waals surface area (Å²) < 4.78 is 0. The quantitative estimate of drug-likeness (QED) is 0.757. The predicted molar refractivity (Wildman–Crippen MR) is 58.8 cm³/mol. The van der Waals surface area contributed by atoms with Gasteiger partial charge in [0.15, 0.2) is 0 Å². The summed E-state index contributed by atoms with van der Waals surface area (Å²) in [4.78, 5) is 18.9. The number of carbonyl (C=O) groups is 1. The van der Waals surface area contributed by atoms with Gasteiger partial charge in [0, 0.05) is 12.1 Å². The summed E-state index contributed by atoms with van der Waals surface area (Å²) in [5.74, 6) is 0.452. The highest BCUT2D eigenvalue weighted by atomic mass is 35.5. The number of halogens is 1. The third-order valence-corrected chi connectivity index (χ3v) is 1.72. The summed E-state index contributed by atoms with van der Waals surface area (Å²) in [5, 5.41) is 5.94. The molecule has 0 unspecified atom stereocenters. The maximum absolute atomic E-state index is 11.3. The molecule has 1 aromatic rings. The molecular weight excluding hydrogens is 216 g/mol. The van der Waals surface area contributed by atoms with Crippen LogP contribution in [0, 0.1) is 0 Å². The van der Waals surface area contributed by atoms with Gasteiger partial charge in [0.05, 0.1) is 6.54 Å². The summed E-state index contributed by atoms with van der Waals surface area (Å²) in [6, 6.07) is 1.69. The highest BCUT2D eigenvalue weighted by Gasteiger charge is 2.03. The zero-order chi connectivity index (χ0) is 11.3. The fourth-order valence-electron chi connectivity index (χ4n) is 0.974. The van der Waals surface area contributed by atoms with Crippen LogP contribution in [-0.4, -0.2) is 28.5 Å². The molecule has 0 fully saturated rings. The van der Waals surface area contributed by atoms with Crippen LogP contribution in [0.3, 0.4) is 0 Å². The van der Waals surface area contributed by atoms with Gasteiger partial charge in [0.2, 0.25) is 5.91 Å². The topological polar surface area (TPSA) is 66.9 Å². The van der Waals surface area contributed by atoms with Crippen molar-refractivity contribution in [3.05, 3.63) is 17.5 Å². The van der Waals surface area contributed by atoms with Crippen LogP contribution in [-0.2, 0) is 4.79 Å². The van der Waals surface area contributed by atoms with Crippen LogP contribution in [0.15, 0.2) is 12.4 Å². The second-order valence-corrected chi connectivity index (χ2v) is 3.69. The van der Waals surface area contributed by atoms with Crippen LogP contribution in [0.2, 0.25) is 5.15 Å². The Balaban J connectivity index is 2.40.